The average Bonchev–Trinajstić information content (AvgIpc) is 3.16. The first-order chi connectivity index (χ1) is 13.1. The third-order valence-electron chi connectivity index (χ3n) is 5.13. The van der Waals surface area contributed by atoms with Gasteiger partial charge in [0.15, 0.2) is 17.7 Å². The zero-order chi connectivity index (χ0) is 19.0. The minimum atomic E-state index is -0.346. The normalized spacial score (nSPS) is 20.0. The van der Waals surface area contributed by atoms with Crippen molar-refractivity contribution in [3.63, 3.8) is 0 Å². The third kappa shape index (κ3) is 3.04. The van der Waals surface area contributed by atoms with Gasteiger partial charge in [-0.1, -0.05) is 0 Å². The fourth-order valence-electron chi connectivity index (χ4n) is 3.71. The van der Waals surface area contributed by atoms with E-state index < -0.39 is 0 Å². The van der Waals surface area contributed by atoms with Crippen molar-refractivity contribution in [1.29, 1.82) is 0 Å². The highest BCUT2D eigenvalue weighted by Gasteiger charge is 2.36. The van der Waals surface area contributed by atoms with Gasteiger partial charge in [0, 0.05) is 12.1 Å². The van der Waals surface area contributed by atoms with Crippen LogP contribution in [0.25, 0.3) is 0 Å². The number of carbonyl (C=O) groups is 1. The van der Waals surface area contributed by atoms with Crippen LogP contribution in [0.15, 0.2) is 30.3 Å². The minimum absolute atomic E-state index is 0.0119. The van der Waals surface area contributed by atoms with Crippen LogP contribution in [0.3, 0.4) is 0 Å². The summed E-state index contributed by atoms with van der Waals surface area (Å²) < 4.78 is 21.7. The van der Waals surface area contributed by atoms with Crippen LogP contribution in [-0.2, 0) is 11.2 Å². The number of anilines is 1. The smallest absolute Gasteiger partial charge is 0.337 e. The molecule has 4 rings (SSSR count). The summed E-state index contributed by atoms with van der Waals surface area (Å²) in [7, 11) is 5.18. The van der Waals surface area contributed by atoms with Crippen molar-refractivity contribution in [3.05, 3.63) is 47.0 Å². The van der Waals surface area contributed by atoms with Crippen molar-refractivity contribution in [2.45, 2.75) is 12.6 Å². The molecule has 2 aromatic carbocycles. The number of hydrogen-bond acceptors (Lipinski definition) is 6. The van der Waals surface area contributed by atoms with E-state index in [-0.39, 0.29) is 18.9 Å². The maximum Gasteiger partial charge on any atom is 0.337 e. The van der Waals surface area contributed by atoms with Gasteiger partial charge in [-0.05, 0) is 35.9 Å². The molecule has 0 spiro atoms. The molecule has 0 aliphatic carbocycles. The number of ether oxygens (including phenoxy) is 4. The Kier molecular flexibility index (Phi) is 4.53. The zero-order valence-electron chi connectivity index (χ0n) is 15.6. The molecule has 2 heterocycles. The van der Waals surface area contributed by atoms with Gasteiger partial charge in [-0.2, -0.15) is 0 Å². The molecule has 0 bridgehead atoms. The molecule has 0 radical (unpaired) electrons. The quantitative estimate of drug-likeness (QED) is 0.792. The lowest BCUT2D eigenvalue weighted by atomic mass is 9.94. The molecular formula is C20H23N2O5+. The molecule has 2 aliphatic heterocycles. The first-order valence-electron chi connectivity index (χ1n) is 8.89. The number of hydrogen-bond donors (Lipinski definition) is 2. The van der Waals surface area contributed by atoms with Gasteiger partial charge >= 0.3 is 5.97 Å². The summed E-state index contributed by atoms with van der Waals surface area (Å²) >= 11 is 0. The number of carbonyl (C=O) groups excluding carboxylic acids is 1. The number of methoxy groups -OCH3 is 2. The monoisotopic (exact) mass is 371 g/mol. The fourth-order valence-corrected chi connectivity index (χ4v) is 3.71. The van der Waals surface area contributed by atoms with E-state index in [1.54, 1.807) is 19.2 Å². The van der Waals surface area contributed by atoms with E-state index in [9.17, 15) is 4.79 Å². The molecule has 1 unspecified atom stereocenters. The molecule has 7 heteroatoms. The Morgan fingerprint density at radius 3 is 2.70 bits per heavy atom. The van der Waals surface area contributed by atoms with Crippen LogP contribution in [0.2, 0.25) is 0 Å². The molecule has 2 aliphatic rings. The van der Waals surface area contributed by atoms with E-state index in [1.807, 2.05) is 12.1 Å². The number of nitrogens with one attached hydrogen (secondary N) is 2. The number of fused-ring (bicyclic) bond motifs is 2. The summed E-state index contributed by atoms with van der Waals surface area (Å²) in [6.07, 6.45) is 0.926. The molecule has 2 atom stereocenters. The Balaban J connectivity index is 1.69. The van der Waals surface area contributed by atoms with Gasteiger partial charge in [0.05, 0.1) is 38.9 Å². The van der Waals surface area contributed by atoms with Crippen LogP contribution in [0, 0.1) is 0 Å². The molecule has 0 fully saturated rings. The van der Waals surface area contributed by atoms with E-state index in [1.165, 1.54) is 17.6 Å². The van der Waals surface area contributed by atoms with Gasteiger partial charge in [-0.3, -0.25) is 0 Å². The maximum atomic E-state index is 11.6. The highest BCUT2D eigenvalue weighted by atomic mass is 16.7. The molecular weight excluding hydrogens is 348 g/mol. The summed E-state index contributed by atoms with van der Waals surface area (Å²) in [6.45, 7) is 1.19. The van der Waals surface area contributed by atoms with Crippen LogP contribution in [0.1, 0.15) is 27.7 Å². The maximum absolute atomic E-state index is 11.6. The molecule has 142 valence electrons. The Hall–Kier alpha value is -2.93. The summed E-state index contributed by atoms with van der Waals surface area (Å²) in [5.41, 5.74) is 3.72. The molecule has 27 heavy (non-hydrogen) atoms. The summed E-state index contributed by atoms with van der Waals surface area (Å²) in [5.74, 6) is 1.79. The second-order valence-electron chi connectivity index (χ2n) is 6.71. The average molecular weight is 371 g/mol. The van der Waals surface area contributed by atoms with E-state index >= 15 is 0 Å². The number of benzene rings is 2. The number of likely N-dealkylation sites (N-methyl/N-ethyl adjacent to an activating group) is 1. The van der Waals surface area contributed by atoms with Crippen LogP contribution < -0.4 is 24.4 Å². The van der Waals surface area contributed by atoms with Gasteiger partial charge in [-0.15, -0.1) is 0 Å². The van der Waals surface area contributed by atoms with Gasteiger partial charge in [0.25, 0.3) is 0 Å². The van der Waals surface area contributed by atoms with Crippen molar-refractivity contribution in [1.82, 2.24) is 0 Å². The van der Waals surface area contributed by atoms with Crippen molar-refractivity contribution in [3.8, 4) is 17.2 Å². The standard InChI is InChI=1S/C20H22N2O5/c1-22-9-8-13-10-15-17(27-11-26-15)18(24-2)16(13)19(22)21-14-6-4-12(5-7-14)20(23)25-3/h4-7,10,19,21H,8-9,11H2,1-3H3/p+1/t19-/m0/s1. The minimum Gasteiger partial charge on any atom is -0.492 e. The van der Waals surface area contributed by atoms with Crippen molar-refractivity contribution in [2.24, 2.45) is 0 Å². The highest BCUT2D eigenvalue weighted by Crippen LogP contribution is 2.47. The van der Waals surface area contributed by atoms with Gasteiger partial charge in [0.1, 0.15) is 0 Å². The van der Waals surface area contributed by atoms with Crippen LogP contribution in [0.4, 0.5) is 5.69 Å². The lowest BCUT2D eigenvalue weighted by molar-refractivity contribution is -0.910. The number of quaternary nitrogens is 1. The predicted octanol–water partition coefficient (Wildman–Crippen LogP) is 1.39. The molecule has 0 saturated carbocycles. The zero-order valence-corrected chi connectivity index (χ0v) is 15.6. The van der Waals surface area contributed by atoms with E-state index in [0.717, 1.165) is 35.7 Å². The molecule has 0 saturated heterocycles. The van der Waals surface area contributed by atoms with E-state index in [4.69, 9.17) is 18.9 Å². The van der Waals surface area contributed by atoms with Gasteiger partial charge in [-0.25, -0.2) is 4.79 Å². The van der Waals surface area contributed by atoms with Crippen LogP contribution >= 0.6 is 0 Å². The second-order valence-corrected chi connectivity index (χ2v) is 6.71. The summed E-state index contributed by atoms with van der Waals surface area (Å²) in [4.78, 5) is 12.9. The van der Waals surface area contributed by atoms with Crippen LogP contribution in [0.5, 0.6) is 17.2 Å². The van der Waals surface area contributed by atoms with Crippen molar-refractivity contribution < 1.29 is 28.6 Å². The molecule has 0 amide bonds. The predicted molar refractivity (Wildman–Crippen MR) is 98.7 cm³/mol. The summed E-state index contributed by atoms with van der Waals surface area (Å²) in [6, 6.07) is 9.33. The Labute approximate surface area is 157 Å². The lowest BCUT2D eigenvalue weighted by Crippen LogP contribution is -3.11. The third-order valence-corrected chi connectivity index (χ3v) is 5.13. The highest BCUT2D eigenvalue weighted by molar-refractivity contribution is 5.89. The van der Waals surface area contributed by atoms with Crippen molar-refractivity contribution >= 4 is 11.7 Å². The summed E-state index contributed by atoms with van der Waals surface area (Å²) in [5, 5.41) is 3.57. The Morgan fingerprint density at radius 2 is 2.00 bits per heavy atom. The molecule has 2 N–H and O–H groups in total. The van der Waals surface area contributed by atoms with E-state index in [0.29, 0.717) is 11.3 Å². The second kappa shape index (κ2) is 7.00. The van der Waals surface area contributed by atoms with Gasteiger partial charge in [0.2, 0.25) is 12.5 Å². The molecule has 7 nitrogen and oxygen atoms in total. The Bertz CT molecular complexity index is 866. The largest absolute Gasteiger partial charge is 0.492 e. The van der Waals surface area contributed by atoms with Gasteiger partial charge < -0.3 is 29.2 Å². The first-order valence-corrected chi connectivity index (χ1v) is 8.89. The topological polar surface area (TPSA) is 70.5 Å². The lowest BCUT2D eigenvalue weighted by Gasteiger charge is -2.33. The number of rotatable bonds is 4. The molecule has 2 aromatic rings. The number of esters is 1. The Morgan fingerprint density at radius 1 is 1.22 bits per heavy atom. The van der Waals surface area contributed by atoms with Crippen LogP contribution in [-0.4, -0.2) is 40.6 Å². The van der Waals surface area contributed by atoms with Crippen molar-refractivity contribution in [2.75, 3.05) is 39.9 Å². The first kappa shape index (κ1) is 17.5. The SMILES string of the molecule is COC(=O)c1ccc(N[C@@H]2c3c(cc4c(c3OC)OCO4)CC[NH+]2C)cc1. The fraction of sp³-hybridized carbons (Fsp3) is 0.350. The molecule has 0 aromatic heterocycles. The van der Waals surface area contributed by atoms with E-state index in [2.05, 4.69) is 18.4 Å².